The molecule has 2 heteroatoms. The number of hydrogen-bond donors (Lipinski definition) is 1. The van der Waals surface area contributed by atoms with E-state index in [4.69, 9.17) is 5.73 Å². The second-order valence-corrected chi connectivity index (χ2v) is 4.32. The molecule has 0 radical (unpaired) electrons. The third-order valence-corrected chi connectivity index (χ3v) is 2.63. The van der Waals surface area contributed by atoms with Gasteiger partial charge in [0, 0.05) is 11.6 Å². The Bertz CT molecular complexity index is 159. The average Bonchev–Trinajstić information content (AvgIpc) is 1.85. The van der Waals surface area contributed by atoms with Gasteiger partial charge in [0.2, 0.25) is 0 Å². The standard InChI is InChI=1S/C10H22N2/c1-8(2)7-9(11)10(3,4)12(5)6/h9H,1,7,11H2,2-6H3. The molecular formula is C10H22N2. The highest BCUT2D eigenvalue weighted by molar-refractivity contribution is 4.99. The fourth-order valence-electron chi connectivity index (χ4n) is 0.957. The average molecular weight is 170 g/mol. The van der Waals surface area contributed by atoms with Crippen LogP contribution in [-0.4, -0.2) is 30.6 Å². The van der Waals surface area contributed by atoms with Crippen molar-refractivity contribution in [1.82, 2.24) is 4.90 Å². The first-order valence-corrected chi connectivity index (χ1v) is 4.36. The van der Waals surface area contributed by atoms with Gasteiger partial charge in [-0.15, -0.1) is 6.58 Å². The fraction of sp³-hybridized carbons (Fsp3) is 0.800. The molecule has 0 saturated carbocycles. The van der Waals surface area contributed by atoms with Crippen molar-refractivity contribution in [1.29, 1.82) is 0 Å². The Morgan fingerprint density at radius 2 is 1.92 bits per heavy atom. The van der Waals surface area contributed by atoms with Gasteiger partial charge in [-0.25, -0.2) is 0 Å². The molecule has 0 aromatic heterocycles. The third kappa shape index (κ3) is 2.95. The smallest absolute Gasteiger partial charge is 0.0301 e. The number of rotatable bonds is 4. The molecule has 0 bridgehead atoms. The summed E-state index contributed by atoms with van der Waals surface area (Å²) in [6, 6.07) is 0.157. The molecule has 72 valence electrons. The molecule has 0 spiro atoms. The van der Waals surface area contributed by atoms with Crippen LogP contribution in [0.2, 0.25) is 0 Å². The van der Waals surface area contributed by atoms with Crippen molar-refractivity contribution < 1.29 is 0 Å². The van der Waals surface area contributed by atoms with E-state index in [2.05, 4.69) is 39.4 Å². The van der Waals surface area contributed by atoms with Crippen LogP contribution in [0.1, 0.15) is 27.2 Å². The lowest BCUT2D eigenvalue weighted by Crippen LogP contribution is -2.53. The number of likely N-dealkylation sites (N-methyl/N-ethyl adjacent to an activating group) is 1. The minimum Gasteiger partial charge on any atom is -0.326 e. The predicted octanol–water partition coefficient (Wildman–Crippen LogP) is 1.62. The number of nitrogens with zero attached hydrogens (tertiary/aromatic N) is 1. The highest BCUT2D eigenvalue weighted by atomic mass is 15.2. The first-order valence-electron chi connectivity index (χ1n) is 4.36. The summed E-state index contributed by atoms with van der Waals surface area (Å²) < 4.78 is 0. The van der Waals surface area contributed by atoms with E-state index in [1.807, 2.05) is 6.92 Å². The molecule has 1 unspecified atom stereocenters. The van der Waals surface area contributed by atoms with E-state index in [-0.39, 0.29) is 11.6 Å². The zero-order valence-electron chi connectivity index (χ0n) is 9.02. The highest BCUT2D eigenvalue weighted by Crippen LogP contribution is 2.18. The van der Waals surface area contributed by atoms with E-state index in [9.17, 15) is 0 Å². The van der Waals surface area contributed by atoms with E-state index in [0.29, 0.717) is 0 Å². The Morgan fingerprint density at radius 1 is 1.50 bits per heavy atom. The molecule has 2 N–H and O–H groups in total. The van der Waals surface area contributed by atoms with E-state index in [1.54, 1.807) is 0 Å². The minimum atomic E-state index is 0.0406. The molecule has 0 heterocycles. The molecule has 2 nitrogen and oxygen atoms in total. The van der Waals surface area contributed by atoms with Gasteiger partial charge < -0.3 is 10.6 Å². The monoisotopic (exact) mass is 170 g/mol. The van der Waals surface area contributed by atoms with Gasteiger partial charge in [-0.3, -0.25) is 0 Å². The largest absolute Gasteiger partial charge is 0.326 e. The van der Waals surface area contributed by atoms with Crippen LogP contribution in [0.15, 0.2) is 12.2 Å². The summed E-state index contributed by atoms with van der Waals surface area (Å²) in [7, 11) is 4.11. The molecule has 0 fully saturated rings. The molecular weight excluding hydrogens is 148 g/mol. The second kappa shape index (κ2) is 4.06. The summed E-state index contributed by atoms with van der Waals surface area (Å²) in [5.41, 5.74) is 7.24. The van der Waals surface area contributed by atoms with E-state index < -0.39 is 0 Å². The minimum absolute atomic E-state index is 0.0406. The lowest BCUT2D eigenvalue weighted by atomic mass is 9.89. The summed E-state index contributed by atoms with van der Waals surface area (Å²) >= 11 is 0. The van der Waals surface area contributed by atoms with Gasteiger partial charge in [-0.1, -0.05) is 5.57 Å². The zero-order chi connectivity index (χ0) is 9.94. The fourth-order valence-corrected chi connectivity index (χ4v) is 0.957. The quantitative estimate of drug-likeness (QED) is 0.650. The van der Waals surface area contributed by atoms with Crippen LogP contribution < -0.4 is 5.73 Å². The Labute approximate surface area is 76.4 Å². The topological polar surface area (TPSA) is 29.3 Å². The zero-order valence-corrected chi connectivity index (χ0v) is 9.02. The summed E-state index contributed by atoms with van der Waals surface area (Å²) in [6.07, 6.45) is 0.894. The molecule has 0 rings (SSSR count). The number of nitrogens with two attached hydrogens (primary N) is 1. The van der Waals surface area contributed by atoms with Crippen molar-refractivity contribution in [2.75, 3.05) is 14.1 Å². The molecule has 1 atom stereocenters. The molecule has 12 heavy (non-hydrogen) atoms. The van der Waals surface area contributed by atoms with E-state index in [1.165, 1.54) is 0 Å². The van der Waals surface area contributed by atoms with Crippen molar-refractivity contribution in [3.8, 4) is 0 Å². The molecule has 0 aliphatic carbocycles. The lowest BCUT2D eigenvalue weighted by Gasteiger charge is -2.38. The Kier molecular flexibility index (Phi) is 3.94. The molecule has 0 amide bonds. The van der Waals surface area contributed by atoms with Crippen LogP contribution in [-0.2, 0) is 0 Å². The van der Waals surface area contributed by atoms with Crippen molar-refractivity contribution >= 4 is 0 Å². The Morgan fingerprint density at radius 3 is 2.17 bits per heavy atom. The van der Waals surface area contributed by atoms with Crippen LogP contribution in [0.25, 0.3) is 0 Å². The normalized spacial score (nSPS) is 14.9. The number of hydrogen-bond acceptors (Lipinski definition) is 2. The molecule has 0 aliphatic rings. The molecule has 0 saturated heterocycles. The van der Waals surface area contributed by atoms with Crippen molar-refractivity contribution in [2.45, 2.75) is 38.8 Å². The van der Waals surface area contributed by atoms with Gasteiger partial charge in [0.25, 0.3) is 0 Å². The molecule has 0 aromatic carbocycles. The molecule has 0 aliphatic heterocycles. The first-order chi connectivity index (χ1) is 5.28. The van der Waals surface area contributed by atoms with Gasteiger partial charge >= 0.3 is 0 Å². The maximum absolute atomic E-state index is 6.05. The second-order valence-electron chi connectivity index (χ2n) is 4.32. The van der Waals surface area contributed by atoms with Crippen LogP contribution in [0.5, 0.6) is 0 Å². The lowest BCUT2D eigenvalue weighted by molar-refractivity contribution is 0.158. The van der Waals surface area contributed by atoms with E-state index >= 15 is 0 Å². The molecule has 0 aromatic rings. The van der Waals surface area contributed by atoms with Gasteiger partial charge in [-0.2, -0.15) is 0 Å². The Hall–Kier alpha value is -0.340. The van der Waals surface area contributed by atoms with Crippen LogP contribution >= 0.6 is 0 Å². The van der Waals surface area contributed by atoms with Gasteiger partial charge in [0.05, 0.1) is 0 Å². The van der Waals surface area contributed by atoms with Crippen molar-refractivity contribution in [3.63, 3.8) is 0 Å². The maximum atomic E-state index is 6.05. The Balaban J connectivity index is 4.24. The van der Waals surface area contributed by atoms with Crippen LogP contribution in [0.3, 0.4) is 0 Å². The van der Waals surface area contributed by atoms with Crippen molar-refractivity contribution in [2.24, 2.45) is 5.73 Å². The van der Waals surface area contributed by atoms with Crippen LogP contribution in [0.4, 0.5) is 0 Å². The van der Waals surface area contributed by atoms with Gasteiger partial charge in [0.1, 0.15) is 0 Å². The predicted molar refractivity (Wildman–Crippen MR) is 55.2 cm³/mol. The summed E-state index contributed by atoms with van der Waals surface area (Å²) in [6.45, 7) is 10.2. The SMILES string of the molecule is C=C(C)CC(N)C(C)(C)N(C)C. The third-order valence-electron chi connectivity index (χ3n) is 2.63. The summed E-state index contributed by atoms with van der Waals surface area (Å²) in [5, 5.41) is 0. The van der Waals surface area contributed by atoms with Crippen LogP contribution in [0, 0.1) is 0 Å². The first kappa shape index (κ1) is 11.7. The van der Waals surface area contributed by atoms with Crippen molar-refractivity contribution in [3.05, 3.63) is 12.2 Å². The maximum Gasteiger partial charge on any atom is 0.0301 e. The van der Waals surface area contributed by atoms with Gasteiger partial charge in [-0.05, 0) is 41.3 Å². The highest BCUT2D eigenvalue weighted by Gasteiger charge is 2.28. The van der Waals surface area contributed by atoms with E-state index in [0.717, 1.165) is 12.0 Å². The summed E-state index contributed by atoms with van der Waals surface area (Å²) in [4.78, 5) is 2.15. The summed E-state index contributed by atoms with van der Waals surface area (Å²) in [5.74, 6) is 0. The van der Waals surface area contributed by atoms with Gasteiger partial charge in [0.15, 0.2) is 0 Å².